The monoisotopic (exact) mass is 1090 g/mol. The summed E-state index contributed by atoms with van der Waals surface area (Å²) in [4.78, 5) is 35.7. The van der Waals surface area contributed by atoms with Crippen molar-refractivity contribution in [2.24, 2.45) is 0 Å². The molecule has 4 unspecified atom stereocenters. The number of hydrogen-bond acceptors (Lipinski definition) is 20. The zero-order valence-electron chi connectivity index (χ0n) is 42.4. The number of halogens is 3. The van der Waals surface area contributed by atoms with E-state index in [1.165, 1.54) is 30.9 Å². The van der Waals surface area contributed by atoms with Gasteiger partial charge < -0.3 is 48.9 Å². The molecule has 6 heterocycles. The van der Waals surface area contributed by atoms with Crippen LogP contribution in [0, 0.1) is 39.3 Å². The molecule has 20 nitrogen and oxygen atoms in total. The number of aryl methyl sites for hydroxylation is 2. The minimum Gasteiger partial charge on any atom is -0.505 e. The van der Waals surface area contributed by atoms with Crippen molar-refractivity contribution in [3.05, 3.63) is 88.1 Å². The third-order valence-corrected chi connectivity index (χ3v) is 10.5. The maximum Gasteiger partial charge on any atom is 0.335 e. The molecule has 4 atom stereocenters. The van der Waals surface area contributed by atoms with Crippen LogP contribution >= 0.6 is 11.6 Å². The van der Waals surface area contributed by atoms with Crippen molar-refractivity contribution in [1.82, 2.24) is 30.6 Å². The Labute approximate surface area is 436 Å². The molecule has 4 aliphatic heterocycles. The van der Waals surface area contributed by atoms with Gasteiger partial charge in [0.05, 0.1) is 32.0 Å². The van der Waals surface area contributed by atoms with Gasteiger partial charge in [-0.3, -0.25) is 9.59 Å². The number of phenols is 1. The average Bonchev–Trinajstić information content (AvgIpc) is 3.29. The number of nitrogens with zero attached hydrogens (tertiary/aromatic N) is 4. The number of aromatic nitrogens is 4. The molecular weight excluding hydrogens is 1020 g/mol. The van der Waals surface area contributed by atoms with Crippen molar-refractivity contribution in [2.75, 3.05) is 26.4 Å². The Morgan fingerprint density at radius 1 is 0.630 bits per heavy atom. The number of piperidine rings is 2. The van der Waals surface area contributed by atoms with Crippen LogP contribution in [-0.2, 0) is 51.7 Å². The number of phenolic OH excluding ortho intramolecular Hbond substituents is 1. The molecule has 4 bridgehead atoms. The van der Waals surface area contributed by atoms with Crippen LogP contribution in [0.25, 0.3) is 0 Å². The number of hydrogen-bond donors (Lipinski definition) is 3. The zero-order valence-corrected chi connectivity index (χ0v) is 44.8. The summed E-state index contributed by atoms with van der Waals surface area (Å²) in [6.07, 6.45) is 6.67. The molecule has 3 N–H and O–H groups in total. The second-order valence-corrected chi connectivity index (χ2v) is 19.2. The fourth-order valence-corrected chi connectivity index (χ4v) is 7.07. The number of nitrogens with one attached hydrogen (secondary N) is 2. The van der Waals surface area contributed by atoms with E-state index in [1.54, 1.807) is 25.1 Å². The Morgan fingerprint density at radius 3 is 1.38 bits per heavy atom. The number of rotatable bonds is 8. The third-order valence-electron chi connectivity index (χ3n) is 10.1. The Balaban J connectivity index is 0.000000336. The smallest absolute Gasteiger partial charge is 0.335 e. The number of carbonyl (C=O) groups is 2. The lowest BCUT2D eigenvalue weighted by Gasteiger charge is -2.39. The van der Waals surface area contributed by atoms with Crippen LogP contribution in [0.5, 0.6) is 29.1 Å². The number of ether oxygens (including phenoxy) is 7. The molecule has 2 aromatic heterocycles. The minimum atomic E-state index is -0.750. The van der Waals surface area contributed by atoms with Crippen LogP contribution in [0.15, 0.2) is 49.1 Å². The number of carbonyl (C=O) groups excluding carboxylic acids is 2. The summed E-state index contributed by atoms with van der Waals surface area (Å²) in [5.74, 6) is 0.244. The second-order valence-electron chi connectivity index (χ2n) is 18.6. The van der Waals surface area contributed by atoms with Crippen molar-refractivity contribution < 1.29 is 73.5 Å². The Bertz CT molecular complexity index is 2350. The van der Waals surface area contributed by atoms with E-state index in [0.717, 1.165) is 55.6 Å². The highest BCUT2D eigenvalue weighted by molar-refractivity contribution is 7.51. The zero-order chi connectivity index (χ0) is 54.7. The van der Waals surface area contributed by atoms with Crippen molar-refractivity contribution in [2.45, 2.75) is 142 Å². The normalized spacial score (nSPS) is 20.1. The van der Waals surface area contributed by atoms with E-state index in [1.807, 2.05) is 62.3 Å². The van der Waals surface area contributed by atoms with Gasteiger partial charge in [-0.15, -0.1) is 0 Å². The van der Waals surface area contributed by atoms with Crippen molar-refractivity contribution in [3.63, 3.8) is 0 Å². The first-order valence-corrected chi connectivity index (χ1v) is 24.4. The first-order valence-electron chi connectivity index (χ1n) is 22.7. The molecule has 404 valence electrons. The molecule has 0 saturated carbocycles. The highest BCUT2D eigenvalue weighted by Crippen LogP contribution is 2.32. The van der Waals surface area contributed by atoms with Gasteiger partial charge in [-0.05, 0) is 105 Å². The van der Waals surface area contributed by atoms with E-state index >= 15 is 0 Å². The van der Waals surface area contributed by atoms with Crippen LogP contribution in [0.4, 0.5) is 8.78 Å². The summed E-state index contributed by atoms with van der Waals surface area (Å²) in [6.45, 7) is 22.1. The number of fused-ring (bicyclic) bond motifs is 4. The minimum absolute atomic E-state index is 0.0627. The third kappa shape index (κ3) is 25.2. The maximum absolute atomic E-state index is 14.1. The SMILES string of the molecule is CC(C)(C)OC=O.CC(C)(C)OC=O.Cc1c(Cl)ncnc1OC1CC2COCC(C1)N2.Cc1ccc(O)c(F)c1.Cc1ccc(Oc2ncnc(OC3CC4COCC(C3)N4)c2C)c(F)c1.O=S=O.O=S=O. The maximum atomic E-state index is 14.1. The quantitative estimate of drug-likeness (QED) is 0.123. The van der Waals surface area contributed by atoms with Gasteiger partial charge >= 0.3 is 23.1 Å². The molecule has 4 fully saturated rings. The average molecular weight is 1090 g/mol. The molecule has 2 aromatic carbocycles. The lowest BCUT2D eigenvalue weighted by Crippen LogP contribution is -2.56. The van der Waals surface area contributed by atoms with Crippen molar-refractivity contribution in [3.8, 4) is 29.1 Å². The summed E-state index contributed by atoms with van der Waals surface area (Å²) < 4.78 is 97.5. The van der Waals surface area contributed by atoms with Gasteiger partial charge in [-0.2, -0.15) is 16.8 Å². The lowest BCUT2D eigenvalue weighted by molar-refractivity contribution is -0.139. The van der Waals surface area contributed by atoms with Gasteiger partial charge in [0.1, 0.15) is 41.2 Å². The van der Waals surface area contributed by atoms with Gasteiger partial charge in [0.25, 0.3) is 12.9 Å². The van der Waals surface area contributed by atoms with Gasteiger partial charge in [0.15, 0.2) is 23.1 Å². The standard InChI is InChI=1S/C19H22FN3O3.C12H16ClN3O2.C7H7FO.2C5H10O2.2O2S/c1-11-3-4-17(16(20)5-11)26-19-12(2)18(21-10-22-19)25-15-6-13-8-24-9-14(7-15)23-13;1-7-11(13)14-6-15-12(7)18-10-2-8-4-17-5-9(3-10)16-8;1-5-2-3-7(9)6(8)4-5;2*1-5(2,3)7-4-6;2*1-3-2/h3-5,10,13-15,23H,6-9H2,1-2H3;6,8-10,16H,2-5H2,1H3;2-4,9H,1H3;2*4H,1-3H3;;. The molecule has 4 saturated heterocycles. The predicted molar refractivity (Wildman–Crippen MR) is 265 cm³/mol. The molecular formula is C48H65ClF2N6O14S2. The Hall–Kier alpha value is -5.63. The summed E-state index contributed by atoms with van der Waals surface area (Å²) in [5.41, 5.74) is 2.47. The molecule has 0 aliphatic carbocycles. The number of benzene rings is 2. The first-order chi connectivity index (χ1) is 34.4. The van der Waals surface area contributed by atoms with Crippen LogP contribution < -0.4 is 24.8 Å². The molecule has 0 spiro atoms. The molecule has 4 aromatic rings. The van der Waals surface area contributed by atoms with Gasteiger partial charge in [0.2, 0.25) is 17.6 Å². The highest BCUT2D eigenvalue weighted by atomic mass is 35.5. The van der Waals surface area contributed by atoms with E-state index < -0.39 is 34.8 Å². The fraction of sp³-hybridized carbons (Fsp3) is 0.542. The van der Waals surface area contributed by atoms with E-state index in [2.05, 4.69) is 40.0 Å². The lowest BCUT2D eigenvalue weighted by atomic mass is 9.95. The number of morpholine rings is 2. The van der Waals surface area contributed by atoms with Gasteiger partial charge in [0, 0.05) is 55.4 Å². The summed E-state index contributed by atoms with van der Waals surface area (Å²) in [6, 6.07) is 10.5. The molecule has 73 heavy (non-hydrogen) atoms. The molecule has 0 amide bonds. The van der Waals surface area contributed by atoms with Gasteiger partial charge in [-0.1, -0.05) is 23.7 Å². The molecule has 25 heteroatoms. The topological polar surface area (TPSA) is 263 Å². The van der Waals surface area contributed by atoms with Crippen molar-refractivity contribution in [1.29, 1.82) is 0 Å². The van der Waals surface area contributed by atoms with Crippen LogP contribution in [0.3, 0.4) is 0 Å². The summed E-state index contributed by atoms with van der Waals surface area (Å²) in [5, 5.41) is 16.2. The summed E-state index contributed by atoms with van der Waals surface area (Å²) >= 11 is 4.46. The Morgan fingerprint density at radius 2 is 1.01 bits per heavy atom. The fourth-order valence-electron chi connectivity index (χ4n) is 6.95. The van der Waals surface area contributed by atoms with Crippen molar-refractivity contribution >= 4 is 47.7 Å². The largest absolute Gasteiger partial charge is 0.505 e. The van der Waals surface area contributed by atoms with Gasteiger partial charge in [-0.25, -0.2) is 28.7 Å². The highest BCUT2D eigenvalue weighted by Gasteiger charge is 2.35. The van der Waals surface area contributed by atoms with E-state index in [-0.39, 0.29) is 34.9 Å². The van der Waals surface area contributed by atoms with Crippen LogP contribution in [-0.4, -0.2) is 129 Å². The molecule has 0 radical (unpaired) electrons. The second kappa shape index (κ2) is 32.5. The van der Waals surface area contributed by atoms with Crippen LogP contribution in [0.1, 0.15) is 89.5 Å². The Kier molecular flexibility index (Phi) is 28.3. The van der Waals surface area contributed by atoms with E-state index in [0.29, 0.717) is 78.7 Å². The first kappa shape index (κ1) is 63.5. The molecule has 4 aliphatic rings. The number of aromatic hydroxyl groups is 1. The molecule has 8 rings (SSSR count). The van der Waals surface area contributed by atoms with E-state index in [9.17, 15) is 18.4 Å². The summed E-state index contributed by atoms with van der Waals surface area (Å²) in [7, 11) is 0. The van der Waals surface area contributed by atoms with E-state index in [4.69, 9.17) is 57.2 Å². The van der Waals surface area contributed by atoms with Crippen LogP contribution in [0.2, 0.25) is 5.15 Å². The predicted octanol–water partition coefficient (Wildman–Crippen LogP) is 6.67.